The molecule has 2 heterocycles. The van der Waals surface area contributed by atoms with Crippen molar-refractivity contribution < 1.29 is 14.7 Å². The maximum Gasteiger partial charge on any atom is 0.339 e. The van der Waals surface area contributed by atoms with E-state index in [4.69, 9.17) is 5.11 Å². The van der Waals surface area contributed by atoms with Crippen molar-refractivity contribution in [2.24, 2.45) is 0 Å². The van der Waals surface area contributed by atoms with Crippen LogP contribution in [0, 0.1) is 0 Å². The molecule has 0 aromatic heterocycles. The summed E-state index contributed by atoms with van der Waals surface area (Å²) in [6, 6.07) is 0. The van der Waals surface area contributed by atoms with Crippen LogP contribution in [0.15, 0.2) is 47.6 Å². The molecule has 1 spiro atoms. The van der Waals surface area contributed by atoms with Crippen molar-refractivity contribution in [2.45, 2.75) is 12.0 Å². The zero-order valence-electron chi connectivity index (χ0n) is 9.80. The van der Waals surface area contributed by atoms with Gasteiger partial charge in [0.25, 0.3) is 0 Å². The Kier molecular flexibility index (Phi) is 2.35. The number of nitrogens with zero attached hydrogens (tertiary/aromatic N) is 1. The van der Waals surface area contributed by atoms with Crippen LogP contribution in [0.5, 0.6) is 0 Å². The summed E-state index contributed by atoms with van der Waals surface area (Å²) in [5.74, 6) is -1.46. The quantitative estimate of drug-likeness (QED) is 0.700. The van der Waals surface area contributed by atoms with Crippen LogP contribution in [0.25, 0.3) is 0 Å². The van der Waals surface area contributed by atoms with Crippen LogP contribution in [0.2, 0.25) is 0 Å². The lowest BCUT2D eigenvalue weighted by Crippen LogP contribution is -2.60. The van der Waals surface area contributed by atoms with Crippen molar-refractivity contribution in [1.29, 1.82) is 0 Å². The van der Waals surface area contributed by atoms with E-state index in [0.29, 0.717) is 6.54 Å². The van der Waals surface area contributed by atoms with Crippen molar-refractivity contribution in [2.75, 3.05) is 13.1 Å². The van der Waals surface area contributed by atoms with Crippen molar-refractivity contribution in [1.82, 2.24) is 4.90 Å². The fraction of sp³-hybridized carbons (Fsp3) is 0.286. The van der Waals surface area contributed by atoms with Gasteiger partial charge in [-0.15, -0.1) is 0 Å². The number of carbonyl (C=O) groups is 2. The second kappa shape index (κ2) is 3.78. The monoisotopic (exact) mass is 243 g/mol. The molecule has 18 heavy (non-hydrogen) atoms. The van der Waals surface area contributed by atoms with Crippen LogP contribution in [0.3, 0.4) is 0 Å². The maximum absolute atomic E-state index is 12.5. The van der Waals surface area contributed by atoms with E-state index in [1.165, 1.54) is 6.08 Å². The summed E-state index contributed by atoms with van der Waals surface area (Å²) in [6.07, 6.45) is 11.8. The van der Waals surface area contributed by atoms with Crippen molar-refractivity contribution in [3.05, 3.63) is 47.6 Å². The van der Waals surface area contributed by atoms with Crippen LogP contribution in [0.4, 0.5) is 0 Å². The molecule has 0 aromatic carbocycles. The zero-order valence-corrected chi connectivity index (χ0v) is 9.80. The predicted octanol–water partition coefficient (Wildman–Crippen LogP) is 1.08. The number of carboxylic acid groups (broad SMARTS) is 1. The fourth-order valence-corrected chi connectivity index (χ4v) is 2.91. The minimum absolute atomic E-state index is 0.0981. The number of ketones is 1. The van der Waals surface area contributed by atoms with E-state index in [0.717, 1.165) is 18.5 Å². The second-order valence-corrected chi connectivity index (χ2v) is 4.63. The van der Waals surface area contributed by atoms with E-state index >= 15 is 0 Å². The highest BCUT2D eigenvalue weighted by atomic mass is 16.4. The summed E-state index contributed by atoms with van der Waals surface area (Å²) in [4.78, 5) is 25.7. The van der Waals surface area contributed by atoms with Crippen molar-refractivity contribution in [3.63, 3.8) is 0 Å². The summed E-state index contributed by atoms with van der Waals surface area (Å²) in [5, 5.41) is 9.12. The van der Waals surface area contributed by atoms with E-state index in [9.17, 15) is 9.59 Å². The fourth-order valence-electron chi connectivity index (χ4n) is 2.91. The molecule has 2 aliphatic heterocycles. The van der Waals surface area contributed by atoms with Crippen LogP contribution >= 0.6 is 0 Å². The lowest BCUT2D eigenvalue weighted by Gasteiger charge is -2.47. The van der Waals surface area contributed by atoms with Crippen molar-refractivity contribution >= 4 is 11.8 Å². The Bertz CT molecular complexity index is 553. The van der Waals surface area contributed by atoms with Crippen LogP contribution in [-0.4, -0.2) is 40.4 Å². The topological polar surface area (TPSA) is 57.6 Å². The van der Waals surface area contributed by atoms with Gasteiger partial charge in [0.2, 0.25) is 0 Å². The highest BCUT2D eigenvalue weighted by Crippen LogP contribution is 2.39. The van der Waals surface area contributed by atoms with Gasteiger partial charge >= 0.3 is 5.97 Å². The first-order chi connectivity index (χ1) is 8.66. The maximum atomic E-state index is 12.5. The number of rotatable bonds is 1. The van der Waals surface area contributed by atoms with Gasteiger partial charge in [-0.2, -0.15) is 0 Å². The smallest absolute Gasteiger partial charge is 0.339 e. The summed E-state index contributed by atoms with van der Waals surface area (Å²) >= 11 is 0. The number of hydrogen-bond acceptors (Lipinski definition) is 3. The molecule has 4 nitrogen and oxygen atoms in total. The molecule has 1 unspecified atom stereocenters. The molecule has 92 valence electrons. The van der Waals surface area contributed by atoms with Gasteiger partial charge in [-0.05, 0) is 12.0 Å². The average molecular weight is 243 g/mol. The van der Waals surface area contributed by atoms with Gasteiger partial charge in [0.05, 0.1) is 0 Å². The standard InChI is InChI=1S/C14H13NO3/c16-12-11(13(17)18)6-9-15-8-3-5-10-4-1-2-7-14(10,12)15/h1-2,4-7H,3,8-9H2,(H,17,18). The lowest BCUT2D eigenvalue weighted by molar-refractivity contribution is -0.136. The van der Waals surface area contributed by atoms with Gasteiger partial charge in [0, 0.05) is 13.1 Å². The molecule has 0 radical (unpaired) electrons. The van der Waals surface area contributed by atoms with E-state index in [1.807, 2.05) is 35.3 Å². The Morgan fingerprint density at radius 2 is 2.17 bits per heavy atom. The second-order valence-electron chi connectivity index (χ2n) is 4.63. The van der Waals surface area contributed by atoms with Gasteiger partial charge in [-0.25, -0.2) is 4.79 Å². The SMILES string of the molecule is O=C(O)C1=CCN2CCC=C3C=CC=CC32C1=O. The molecule has 3 rings (SSSR count). The molecule has 0 amide bonds. The molecule has 0 aromatic rings. The van der Waals surface area contributed by atoms with Gasteiger partial charge in [0.15, 0.2) is 5.78 Å². The third kappa shape index (κ3) is 1.29. The van der Waals surface area contributed by atoms with E-state index in [2.05, 4.69) is 0 Å². The first kappa shape index (κ1) is 11.2. The summed E-state index contributed by atoms with van der Waals surface area (Å²) in [6.45, 7) is 1.28. The zero-order chi connectivity index (χ0) is 12.8. The lowest BCUT2D eigenvalue weighted by atomic mass is 9.73. The first-order valence-electron chi connectivity index (χ1n) is 5.96. The molecule has 1 aliphatic carbocycles. The van der Waals surface area contributed by atoms with Gasteiger partial charge in [-0.1, -0.05) is 36.5 Å². The number of carboxylic acids is 1. The van der Waals surface area contributed by atoms with Gasteiger partial charge in [-0.3, -0.25) is 9.69 Å². The van der Waals surface area contributed by atoms with Gasteiger partial charge in [0.1, 0.15) is 11.1 Å². The van der Waals surface area contributed by atoms with Crippen LogP contribution < -0.4 is 0 Å². The number of hydrogen-bond donors (Lipinski definition) is 1. The number of aliphatic carboxylic acids is 1. The van der Waals surface area contributed by atoms with E-state index in [1.54, 1.807) is 0 Å². The van der Waals surface area contributed by atoms with Crippen LogP contribution in [-0.2, 0) is 9.59 Å². The van der Waals surface area contributed by atoms with E-state index < -0.39 is 11.5 Å². The number of carbonyl (C=O) groups excluding carboxylic acids is 1. The Hall–Kier alpha value is -1.94. The Morgan fingerprint density at radius 1 is 1.33 bits per heavy atom. The molecular weight excluding hydrogens is 230 g/mol. The normalized spacial score (nSPS) is 30.3. The summed E-state index contributed by atoms with van der Waals surface area (Å²) in [5.41, 5.74) is -0.0812. The Balaban J connectivity index is 2.16. The summed E-state index contributed by atoms with van der Waals surface area (Å²) < 4.78 is 0. The van der Waals surface area contributed by atoms with Crippen LogP contribution in [0.1, 0.15) is 6.42 Å². The minimum Gasteiger partial charge on any atom is -0.478 e. The number of allylic oxidation sites excluding steroid dienone is 2. The Labute approximate surface area is 105 Å². The molecule has 3 aliphatic rings. The predicted molar refractivity (Wildman–Crippen MR) is 66.0 cm³/mol. The van der Waals surface area contributed by atoms with Crippen molar-refractivity contribution in [3.8, 4) is 0 Å². The Morgan fingerprint density at radius 3 is 2.94 bits per heavy atom. The average Bonchev–Trinajstić information content (AvgIpc) is 2.38. The summed E-state index contributed by atoms with van der Waals surface area (Å²) in [7, 11) is 0. The third-order valence-corrected chi connectivity index (χ3v) is 3.76. The molecule has 1 atom stereocenters. The molecule has 0 bridgehead atoms. The molecule has 0 saturated heterocycles. The van der Waals surface area contributed by atoms with E-state index in [-0.39, 0.29) is 11.4 Å². The molecule has 0 fully saturated rings. The minimum atomic E-state index is -1.14. The number of Topliss-reactive ketones (excluding diaryl/α,β-unsaturated/α-hetero) is 1. The molecule has 4 heteroatoms. The highest BCUT2D eigenvalue weighted by molar-refractivity contribution is 6.23. The molecular formula is C14H13NO3. The highest BCUT2D eigenvalue weighted by Gasteiger charge is 2.50. The largest absolute Gasteiger partial charge is 0.478 e. The van der Waals surface area contributed by atoms with Gasteiger partial charge < -0.3 is 5.11 Å². The first-order valence-corrected chi connectivity index (χ1v) is 5.96. The third-order valence-electron chi connectivity index (χ3n) is 3.76. The molecule has 0 saturated carbocycles. The molecule has 1 N–H and O–H groups in total.